The summed E-state index contributed by atoms with van der Waals surface area (Å²) >= 11 is 13.1. The second-order valence-electron chi connectivity index (χ2n) is 7.52. The number of ether oxygens (including phenoxy) is 1. The first-order valence-corrected chi connectivity index (χ1v) is 10.8. The lowest BCUT2D eigenvalue weighted by molar-refractivity contribution is -0.120. The smallest absolute Gasteiger partial charge is 0.270 e. The minimum absolute atomic E-state index is 0.00998. The van der Waals surface area contributed by atoms with Gasteiger partial charge >= 0.3 is 0 Å². The van der Waals surface area contributed by atoms with E-state index in [2.05, 4.69) is 10.7 Å². The summed E-state index contributed by atoms with van der Waals surface area (Å²) in [5, 5.41) is 14.4. The number of phenolic OH excluding ortho intramolecular Hbond substituents is 1. The van der Waals surface area contributed by atoms with Crippen molar-refractivity contribution in [1.29, 1.82) is 0 Å². The fourth-order valence-electron chi connectivity index (χ4n) is 3.30. The molecular weight excluding hydrogens is 451 g/mol. The standard InChI is InChI=1S/C23H26Cl2N4O3/c1-13(2)16-11-15(9-10-17(16)30)32-21-18(24)20(29(27-3)22(26)19(21)25)23(31)28-12-14-7-5-4-6-8-14/h4-11,13,22,27,30H,12,26H2,1-3H3,(H,28,31). The van der Waals surface area contributed by atoms with Crippen molar-refractivity contribution in [2.45, 2.75) is 32.5 Å². The molecule has 0 fully saturated rings. The van der Waals surface area contributed by atoms with E-state index < -0.39 is 12.1 Å². The number of halogens is 2. The van der Waals surface area contributed by atoms with E-state index in [4.69, 9.17) is 33.7 Å². The van der Waals surface area contributed by atoms with Crippen molar-refractivity contribution >= 4 is 29.1 Å². The second-order valence-corrected chi connectivity index (χ2v) is 8.31. The van der Waals surface area contributed by atoms with Gasteiger partial charge in [0.05, 0.1) is 0 Å². The molecular formula is C23H26Cl2N4O3. The van der Waals surface area contributed by atoms with E-state index in [1.54, 1.807) is 19.2 Å². The molecule has 5 N–H and O–H groups in total. The summed E-state index contributed by atoms with van der Waals surface area (Å²) in [7, 11) is 1.61. The van der Waals surface area contributed by atoms with Gasteiger partial charge in [0.25, 0.3) is 5.91 Å². The molecule has 1 amide bonds. The van der Waals surface area contributed by atoms with Gasteiger partial charge in [-0.3, -0.25) is 9.80 Å². The number of phenols is 1. The van der Waals surface area contributed by atoms with Crippen LogP contribution < -0.4 is 21.2 Å². The Labute approximate surface area is 197 Å². The Morgan fingerprint density at radius 1 is 1.22 bits per heavy atom. The highest BCUT2D eigenvalue weighted by Gasteiger charge is 2.36. The van der Waals surface area contributed by atoms with Gasteiger partial charge in [-0.25, -0.2) is 5.43 Å². The lowest BCUT2D eigenvalue weighted by Crippen LogP contribution is -2.54. The molecule has 2 aromatic carbocycles. The average Bonchev–Trinajstić information content (AvgIpc) is 2.78. The summed E-state index contributed by atoms with van der Waals surface area (Å²) in [6.45, 7) is 4.21. The molecule has 32 heavy (non-hydrogen) atoms. The van der Waals surface area contributed by atoms with Gasteiger partial charge in [0.2, 0.25) is 0 Å². The van der Waals surface area contributed by atoms with Gasteiger partial charge in [-0.2, -0.15) is 0 Å². The van der Waals surface area contributed by atoms with Gasteiger partial charge < -0.3 is 20.9 Å². The Bertz CT molecular complexity index is 1050. The van der Waals surface area contributed by atoms with Crippen molar-refractivity contribution in [3.05, 3.63) is 81.2 Å². The quantitative estimate of drug-likeness (QED) is 0.484. The zero-order chi connectivity index (χ0) is 23.4. The highest BCUT2D eigenvalue weighted by atomic mass is 35.5. The number of carbonyl (C=O) groups is 1. The number of allylic oxidation sites excluding steroid dienone is 1. The molecule has 0 aliphatic carbocycles. The summed E-state index contributed by atoms with van der Waals surface area (Å²) in [6.07, 6.45) is -0.904. The highest BCUT2D eigenvalue weighted by molar-refractivity contribution is 6.37. The highest BCUT2D eigenvalue weighted by Crippen LogP contribution is 2.37. The lowest BCUT2D eigenvalue weighted by Gasteiger charge is -2.36. The Hall–Kier alpha value is -2.71. The summed E-state index contributed by atoms with van der Waals surface area (Å²) in [4.78, 5) is 13.0. The number of hydrazine groups is 1. The molecule has 1 unspecified atom stereocenters. The monoisotopic (exact) mass is 476 g/mol. The van der Waals surface area contributed by atoms with Crippen LogP contribution >= 0.6 is 23.2 Å². The van der Waals surface area contributed by atoms with Crippen LogP contribution in [0, 0.1) is 0 Å². The van der Waals surface area contributed by atoms with Crippen molar-refractivity contribution in [1.82, 2.24) is 15.8 Å². The van der Waals surface area contributed by atoms with Crippen LogP contribution in [-0.4, -0.2) is 29.2 Å². The molecule has 0 saturated heterocycles. The first-order chi connectivity index (χ1) is 15.2. The minimum Gasteiger partial charge on any atom is -0.508 e. The number of rotatable bonds is 7. The van der Waals surface area contributed by atoms with Crippen LogP contribution in [0.4, 0.5) is 0 Å². The topological polar surface area (TPSA) is 99.9 Å². The van der Waals surface area contributed by atoms with Crippen molar-refractivity contribution < 1.29 is 14.6 Å². The van der Waals surface area contributed by atoms with Crippen LogP contribution in [0.1, 0.15) is 30.9 Å². The molecule has 2 aromatic rings. The van der Waals surface area contributed by atoms with E-state index in [-0.39, 0.29) is 33.2 Å². The van der Waals surface area contributed by atoms with Crippen molar-refractivity contribution in [3.63, 3.8) is 0 Å². The molecule has 170 valence electrons. The number of nitrogens with one attached hydrogen (secondary N) is 2. The molecule has 1 aliphatic rings. The predicted molar refractivity (Wildman–Crippen MR) is 126 cm³/mol. The molecule has 0 bridgehead atoms. The van der Waals surface area contributed by atoms with E-state index in [9.17, 15) is 9.90 Å². The van der Waals surface area contributed by atoms with Gasteiger partial charge in [0.1, 0.15) is 33.4 Å². The third-order valence-electron chi connectivity index (χ3n) is 5.00. The Balaban J connectivity index is 1.93. The van der Waals surface area contributed by atoms with E-state index >= 15 is 0 Å². The van der Waals surface area contributed by atoms with E-state index in [0.717, 1.165) is 5.56 Å². The molecule has 9 heteroatoms. The van der Waals surface area contributed by atoms with Crippen LogP contribution in [0.15, 0.2) is 70.1 Å². The van der Waals surface area contributed by atoms with Crippen molar-refractivity contribution in [2.75, 3.05) is 7.05 Å². The molecule has 0 saturated carbocycles. The molecule has 3 rings (SSSR count). The van der Waals surface area contributed by atoms with Crippen molar-refractivity contribution in [3.8, 4) is 11.5 Å². The first-order valence-electron chi connectivity index (χ1n) is 10.1. The fourth-order valence-corrected chi connectivity index (χ4v) is 3.89. The zero-order valence-electron chi connectivity index (χ0n) is 18.0. The van der Waals surface area contributed by atoms with Gasteiger partial charge in [-0.15, -0.1) is 0 Å². The predicted octanol–water partition coefficient (Wildman–Crippen LogP) is 3.85. The maximum absolute atomic E-state index is 13.0. The largest absolute Gasteiger partial charge is 0.508 e. The molecule has 1 atom stereocenters. The maximum Gasteiger partial charge on any atom is 0.270 e. The normalized spacial score (nSPS) is 16.6. The van der Waals surface area contributed by atoms with E-state index in [1.807, 2.05) is 44.2 Å². The van der Waals surface area contributed by atoms with Gasteiger partial charge in [-0.1, -0.05) is 67.4 Å². The molecule has 1 heterocycles. The summed E-state index contributed by atoms with van der Waals surface area (Å²) in [6, 6.07) is 14.3. The maximum atomic E-state index is 13.0. The van der Waals surface area contributed by atoms with Crippen LogP contribution in [0.2, 0.25) is 0 Å². The molecule has 7 nitrogen and oxygen atoms in total. The number of amides is 1. The number of nitrogens with two attached hydrogens (primary N) is 1. The van der Waals surface area contributed by atoms with Crippen LogP contribution in [0.5, 0.6) is 11.5 Å². The van der Waals surface area contributed by atoms with Gasteiger partial charge in [0, 0.05) is 19.2 Å². The Morgan fingerprint density at radius 3 is 2.53 bits per heavy atom. The fraction of sp³-hybridized carbons (Fsp3) is 0.261. The van der Waals surface area contributed by atoms with Crippen LogP contribution in [-0.2, 0) is 11.3 Å². The number of aromatic hydroxyl groups is 1. The summed E-state index contributed by atoms with van der Waals surface area (Å²) < 4.78 is 5.96. The van der Waals surface area contributed by atoms with Crippen molar-refractivity contribution in [2.24, 2.45) is 5.73 Å². The number of benzene rings is 2. The Morgan fingerprint density at radius 2 is 1.91 bits per heavy atom. The number of hydrogen-bond donors (Lipinski definition) is 4. The number of nitrogens with zero attached hydrogens (tertiary/aromatic N) is 1. The summed E-state index contributed by atoms with van der Waals surface area (Å²) in [5.74, 6) is 0.283. The molecule has 1 aliphatic heterocycles. The Kier molecular flexibility index (Phi) is 7.69. The third-order valence-corrected chi connectivity index (χ3v) is 5.74. The molecule has 0 spiro atoms. The summed E-state index contributed by atoms with van der Waals surface area (Å²) in [5.41, 5.74) is 10.8. The minimum atomic E-state index is -0.904. The molecule has 0 radical (unpaired) electrons. The van der Waals surface area contributed by atoms with Gasteiger partial charge in [-0.05, 0) is 29.7 Å². The lowest BCUT2D eigenvalue weighted by atomic mass is 10.0. The third kappa shape index (κ3) is 5.02. The second kappa shape index (κ2) is 10.3. The van der Waals surface area contributed by atoms with E-state index in [0.29, 0.717) is 17.9 Å². The van der Waals surface area contributed by atoms with Crippen LogP contribution in [0.25, 0.3) is 0 Å². The van der Waals surface area contributed by atoms with Gasteiger partial charge in [0.15, 0.2) is 5.76 Å². The number of carbonyl (C=O) groups excluding carboxylic acids is 1. The van der Waals surface area contributed by atoms with E-state index in [1.165, 1.54) is 11.1 Å². The number of hydrogen-bond acceptors (Lipinski definition) is 6. The SMILES string of the molecule is CNN1C(C(=O)NCc2ccccc2)=C(Cl)C(Oc2ccc(O)c(C(C)C)c2)=C(Cl)C1N. The van der Waals surface area contributed by atoms with Crippen LogP contribution in [0.3, 0.4) is 0 Å². The first kappa shape index (κ1) is 23.9. The zero-order valence-corrected chi connectivity index (χ0v) is 19.5. The average molecular weight is 477 g/mol. The molecule has 0 aromatic heterocycles.